The Labute approximate surface area is 130 Å². The second-order valence-corrected chi connectivity index (χ2v) is 6.38. The molecule has 1 saturated heterocycles. The average Bonchev–Trinajstić information content (AvgIpc) is 3.27. The van der Waals surface area contributed by atoms with Crippen LogP contribution in [-0.4, -0.2) is 39.3 Å². The van der Waals surface area contributed by atoms with Crippen LogP contribution in [0, 0.1) is 0 Å². The van der Waals surface area contributed by atoms with E-state index in [1.807, 2.05) is 10.7 Å². The van der Waals surface area contributed by atoms with Crippen molar-refractivity contribution in [3.8, 4) is 0 Å². The number of furan rings is 1. The van der Waals surface area contributed by atoms with Gasteiger partial charge in [-0.3, -0.25) is 4.90 Å². The van der Waals surface area contributed by atoms with E-state index in [0.717, 1.165) is 37.6 Å². The van der Waals surface area contributed by atoms with Gasteiger partial charge in [-0.1, -0.05) is 0 Å². The normalized spacial score (nSPS) is 26.4. The maximum Gasteiger partial charge on any atom is 0.144 e. The van der Waals surface area contributed by atoms with Crippen molar-refractivity contribution >= 4 is 0 Å². The first-order valence-electron chi connectivity index (χ1n) is 8.23. The van der Waals surface area contributed by atoms with Crippen molar-refractivity contribution in [1.29, 1.82) is 0 Å². The van der Waals surface area contributed by atoms with Gasteiger partial charge in [0.15, 0.2) is 0 Å². The van der Waals surface area contributed by atoms with E-state index in [1.165, 1.54) is 12.8 Å². The van der Waals surface area contributed by atoms with E-state index in [9.17, 15) is 0 Å². The largest absolute Gasteiger partial charge is 0.468 e. The zero-order valence-electron chi connectivity index (χ0n) is 13.0. The summed E-state index contributed by atoms with van der Waals surface area (Å²) in [6.07, 6.45) is 7.05. The van der Waals surface area contributed by atoms with Crippen molar-refractivity contribution in [2.45, 2.75) is 44.3 Å². The summed E-state index contributed by atoms with van der Waals surface area (Å²) in [4.78, 5) is 6.94. The molecule has 4 rings (SSSR count). The number of rotatable bonds is 5. The second kappa shape index (κ2) is 5.85. The number of fused-ring (bicyclic) bond motifs is 1. The first kappa shape index (κ1) is 14.0. The Hall–Kier alpha value is -1.66. The predicted octanol–water partition coefficient (Wildman–Crippen LogP) is 2.30. The fraction of sp³-hybridized carbons (Fsp3) is 0.625. The Kier molecular flexibility index (Phi) is 3.72. The number of nitrogens with one attached hydrogen (secondary N) is 1. The minimum absolute atomic E-state index is 0.289. The van der Waals surface area contributed by atoms with Crippen LogP contribution in [-0.2, 0) is 0 Å². The van der Waals surface area contributed by atoms with Crippen molar-refractivity contribution in [3.63, 3.8) is 0 Å². The molecule has 118 valence electrons. The molecule has 6 heteroatoms. The summed E-state index contributed by atoms with van der Waals surface area (Å²) in [5, 5.41) is 8.01. The maximum atomic E-state index is 5.68. The molecule has 0 unspecified atom stereocenters. The Morgan fingerprint density at radius 2 is 2.27 bits per heavy atom. The quantitative estimate of drug-likeness (QED) is 0.918. The molecule has 3 atom stereocenters. The van der Waals surface area contributed by atoms with Gasteiger partial charge in [-0.05, 0) is 51.4 Å². The smallest absolute Gasteiger partial charge is 0.144 e. The first-order chi connectivity index (χ1) is 10.8. The first-order valence-corrected chi connectivity index (χ1v) is 8.23. The molecule has 1 N–H and O–H groups in total. The van der Waals surface area contributed by atoms with Crippen molar-refractivity contribution in [1.82, 2.24) is 25.0 Å². The van der Waals surface area contributed by atoms with Gasteiger partial charge in [0, 0.05) is 6.54 Å². The predicted molar refractivity (Wildman–Crippen MR) is 82.3 cm³/mol. The van der Waals surface area contributed by atoms with E-state index < -0.39 is 0 Å². The molecule has 0 spiro atoms. The van der Waals surface area contributed by atoms with Crippen LogP contribution in [0.5, 0.6) is 0 Å². The topological polar surface area (TPSA) is 59.1 Å². The van der Waals surface area contributed by atoms with E-state index in [4.69, 9.17) is 4.42 Å². The molecule has 2 aliphatic heterocycles. The van der Waals surface area contributed by atoms with E-state index in [1.54, 1.807) is 12.6 Å². The SMILES string of the molecule is C[C@@H]1C[C@@H](NC[C@H](c2ccco2)N2CCCC2)c2ncnn21. The van der Waals surface area contributed by atoms with Crippen LogP contribution < -0.4 is 5.32 Å². The van der Waals surface area contributed by atoms with Gasteiger partial charge in [-0.25, -0.2) is 9.67 Å². The lowest BCUT2D eigenvalue weighted by Crippen LogP contribution is -2.35. The van der Waals surface area contributed by atoms with Crippen molar-refractivity contribution in [3.05, 3.63) is 36.3 Å². The number of aromatic nitrogens is 3. The molecule has 2 aliphatic rings. The Bertz CT molecular complexity index is 602. The van der Waals surface area contributed by atoms with Crippen molar-refractivity contribution < 1.29 is 4.42 Å². The van der Waals surface area contributed by atoms with Gasteiger partial charge in [-0.15, -0.1) is 0 Å². The lowest BCUT2D eigenvalue weighted by Gasteiger charge is -2.27. The Morgan fingerprint density at radius 3 is 3.05 bits per heavy atom. The van der Waals surface area contributed by atoms with Crippen molar-refractivity contribution in [2.24, 2.45) is 0 Å². The highest BCUT2D eigenvalue weighted by molar-refractivity contribution is 5.08. The summed E-state index contributed by atoms with van der Waals surface area (Å²) in [5.41, 5.74) is 0. The molecular weight excluding hydrogens is 278 g/mol. The van der Waals surface area contributed by atoms with E-state index in [2.05, 4.69) is 33.3 Å². The average molecular weight is 301 g/mol. The number of nitrogens with zero attached hydrogens (tertiary/aromatic N) is 4. The fourth-order valence-corrected chi connectivity index (χ4v) is 3.77. The summed E-state index contributed by atoms with van der Waals surface area (Å²) in [5.74, 6) is 2.12. The highest BCUT2D eigenvalue weighted by atomic mass is 16.3. The van der Waals surface area contributed by atoms with Gasteiger partial charge < -0.3 is 9.73 Å². The van der Waals surface area contributed by atoms with E-state index in [-0.39, 0.29) is 6.04 Å². The van der Waals surface area contributed by atoms with Gasteiger partial charge in [0.25, 0.3) is 0 Å². The summed E-state index contributed by atoms with van der Waals surface area (Å²) in [6, 6.07) is 5.09. The number of hydrogen-bond acceptors (Lipinski definition) is 5. The third kappa shape index (κ3) is 2.46. The van der Waals surface area contributed by atoms with Gasteiger partial charge in [0.05, 0.1) is 24.4 Å². The van der Waals surface area contributed by atoms with E-state index >= 15 is 0 Å². The molecule has 4 heterocycles. The molecule has 6 nitrogen and oxygen atoms in total. The summed E-state index contributed by atoms with van der Waals surface area (Å²) >= 11 is 0. The van der Waals surface area contributed by atoms with Gasteiger partial charge >= 0.3 is 0 Å². The third-order valence-corrected chi connectivity index (χ3v) is 4.92. The van der Waals surface area contributed by atoms with Crippen LogP contribution in [0.1, 0.15) is 55.9 Å². The third-order valence-electron chi connectivity index (χ3n) is 4.92. The van der Waals surface area contributed by atoms with E-state index in [0.29, 0.717) is 12.1 Å². The van der Waals surface area contributed by atoms with Crippen LogP contribution >= 0.6 is 0 Å². The lowest BCUT2D eigenvalue weighted by molar-refractivity contribution is 0.204. The number of likely N-dealkylation sites (tertiary alicyclic amines) is 1. The Morgan fingerprint density at radius 1 is 1.41 bits per heavy atom. The summed E-state index contributed by atoms with van der Waals surface area (Å²) < 4.78 is 7.72. The molecule has 0 aliphatic carbocycles. The highest BCUT2D eigenvalue weighted by Crippen LogP contribution is 2.32. The standard InChI is InChI=1S/C16H23N5O/c1-12-9-13(16-18-11-19-21(12)16)17-10-14(15-5-4-8-22-15)20-6-2-3-7-20/h4-5,8,11-14,17H,2-3,6-7,9-10H2,1H3/t12-,13-,14-/m1/s1. The monoisotopic (exact) mass is 301 g/mol. The molecule has 0 radical (unpaired) electrons. The van der Waals surface area contributed by atoms with Crippen LogP contribution in [0.2, 0.25) is 0 Å². The minimum atomic E-state index is 0.289. The molecule has 0 bridgehead atoms. The lowest BCUT2D eigenvalue weighted by atomic mass is 10.1. The molecule has 0 saturated carbocycles. The molecule has 1 fully saturated rings. The molecule has 0 amide bonds. The zero-order chi connectivity index (χ0) is 14.9. The number of hydrogen-bond donors (Lipinski definition) is 1. The zero-order valence-corrected chi connectivity index (χ0v) is 13.0. The van der Waals surface area contributed by atoms with Gasteiger partial charge in [0.1, 0.15) is 17.9 Å². The summed E-state index contributed by atoms with van der Waals surface area (Å²) in [7, 11) is 0. The van der Waals surface area contributed by atoms with Gasteiger partial charge in [0.2, 0.25) is 0 Å². The van der Waals surface area contributed by atoms with Gasteiger partial charge in [-0.2, -0.15) is 5.10 Å². The van der Waals surface area contributed by atoms with Crippen LogP contribution in [0.4, 0.5) is 0 Å². The second-order valence-electron chi connectivity index (χ2n) is 6.38. The summed E-state index contributed by atoms with van der Waals surface area (Å²) in [6.45, 7) is 5.40. The molecule has 2 aromatic heterocycles. The maximum absolute atomic E-state index is 5.68. The van der Waals surface area contributed by atoms with Crippen LogP contribution in [0.3, 0.4) is 0 Å². The highest BCUT2D eigenvalue weighted by Gasteiger charge is 2.32. The van der Waals surface area contributed by atoms with Crippen LogP contribution in [0.15, 0.2) is 29.1 Å². The molecule has 0 aromatic carbocycles. The molecule has 2 aromatic rings. The van der Waals surface area contributed by atoms with Crippen molar-refractivity contribution in [2.75, 3.05) is 19.6 Å². The fourth-order valence-electron chi connectivity index (χ4n) is 3.77. The van der Waals surface area contributed by atoms with Crippen LogP contribution in [0.25, 0.3) is 0 Å². The minimum Gasteiger partial charge on any atom is -0.468 e. The molecule has 22 heavy (non-hydrogen) atoms. The Balaban J connectivity index is 1.47. The molecular formula is C16H23N5O.